The maximum Gasteiger partial charge on any atom is 0.350 e. The Morgan fingerprint density at radius 2 is 1.71 bits per heavy atom. The van der Waals surface area contributed by atoms with Crippen molar-refractivity contribution >= 4 is 50.9 Å². The van der Waals surface area contributed by atoms with Crippen LogP contribution in [0.25, 0.3) is 10.2 Å². The number of carbonyl (C=O) groups is 2. The minimum Gasteiger partial charge on any atom is -0.419 e. The molecule has 0 aliphatic carbocycles. The molecule has 1 aromatic heterocycles. The molecule has 1 fully saturated rings. The maximum atomic E-state index is 12.1. The molecule has 1 aliphatic heterocycles. The van der Waals surface area contributed by atoms with Gasteiger partial charge in [-0.2, -0.15) is 0 Å². The summed E-state index contributed by atoms with van der Waals surface area (Å²) >= 11 is 3.12. The lowest BCUT2D eigenvalue weighted by molar-refractivity contribution is -0.222. The Balaban J connectivity index is 1.56. The summed E-state index contributed by atoms with van der Waals surface area (Å²) in [5.74, 6) is -2.69. The largest absolute Gasteiger partial charge is 0.419 e. The predicted octanol–water partition coefficient (Wildman–Crippen LogP) is 4.58. The van der Waals surface area contributed by atoms with Crippen LogP contribution in [0.1, 0.15) is 13.8 Å². The number of carbonyl (C=O) groups excluding carboxylic acids is 2. The first-order valence-electron chi connectivity index (χ1n) is 8.47. The van der Waals surface area contributed by atoms with Gasteiger partial charge in [-0.3, -0.25) is 0 Å². The highest BCUT2D eigenvalue weighted by Crippen LogP contribution is 2.37. The van der Waals surface area contributed by atoms with Gasteiger partial charge < -0.3 is 14.8 Å². The van der Waals surface area contributed by atoms with E-state index in [1.54, 1.807) is 11.3 Å². The Labute approximate surface area is 169 Å². The van der Waals surface area contributed by atoms with Crippen LogP contribution in [0.2, 0.25) is 0 Å². The molecule has 2 aromatic carbocycles. The lowest BCUT2D eigenvalue weighted by Gasteiger charge is -2.29. The molecule has 28 heavy (non-hydrogen) atoms. The fourth-order valence-corrected chi connectivity index (χ4v) is 4.71. The average Bonchev–Trinajstić information content (AvgIpc) is 3.03. The predicted molar refractivity (Wildman–Crippen MR) is 108 cm³/mol. The number of benzene rings is 2. The maximum absolute atomic E-state index is 12.1. The Kier molecular flexibility index (Phi) is 4.82. The Hall–Kier alpha value is -2.84. The van der Waals surface area contributed by atoms with Crippen LogP contribution in [0.3, 0.4) is 0 Å². The number of nitrogens with zero attached hydrogens (tertiary/aromatic N) is 1. The van der Waals surface area contributed by atoms with Crippen molar-refractivity contribution in [2.24, 2.45) is 0 Å². The lowest BCUT2D eigenvalue weighted by atomic mass is 10.2. The van der Waals surface area contributed by atoms with E-state index in [-0.39, 0.29) is 5.57 Å². The zero-order valence-corrected chi connectivity index (χ0v) is 16.7. The Bertz CT molecular complexity index is 1050. The van der Waals surface area contributed by atoms with E-state index in [1.807, 2.05) is 48.5 Å². The summed E-state index contributed by atoms with van der Waals surface area (Å²) in [6.45, 7) is 3.02. The van der Waals surface area contributed by atoms with Crippen LogP contribution in [0.4, 0.5) is 5.69 Å². The van der Waals surface area contributed by atoms with Gasteiger partial charge in [0.2, 0.25) is 0 Å². The van der Waals surface area contributed by atoms with Gasteiger partial charge in [-0.15, -0.1) is 11.3 Å². The van der Waals surface area contributed by atoms with Crippen LogP contribution >= 0.6 is 23.1 Å². The van der Waals surface area contributed by atoms with Crippen molar-refractivity contribution in [1.29, 1.82) is 0 Å². The minimum absolute atomic E-state index is 0.181. The van der Waals surface area contributed by atoms with Gasteiger partial charge in [-0.05, 0) is 24.3 Å². The fraction of sp³-hybridized carbons (Fsp3) is 0.150. The zero-order chi connectivity index (χ0) is 19.7. The molecule has 6 nitrogen and oxygen atoms in total. The molecule has 3 aromatic rings. The molecule has 8 heteroatoms. The molecule has 0 bridgehead atoms. The van der Waals surface area contributed by atoms with Gasteiger partial charge in [0.05, 0.1) is 15.9 Å². The second-order valence-electron chi connectivity index (χ2n) is 6.43. The summed E-state index contributed by atoms with van der Waals surface area (Å²) in [6, 6.07) is 15.5. The van der Waals surface area contributed by atoms with Crippen molar-refractivity contribution in [2.75, 3.05) is 5.32 Å². The van der Waals surface area contributed by atoms with Gasteiger partial charge in [-0.25, -0.2) is 14.6 Å². The second-order valence-corrected chi connectivity index (χ2v) is 8.75. The monoisotopic (exact) mass is 412 g/mol. The molecule has 4 rings (SSSR count). The van der Waals surface area contributed by atoms with Crippen LogP contribution in [-0.4, -0.2) is 22.7 Å². The average molecular weight is 412 g/mol. The normalized spacial score (nSPS) is 15.9. The van der Waals surface area contributed by atoms with Gasteiger partial charge >= 0.3 is 11.9 Å². The number of ether oxygens (including phenoxy) is 2. The van der Waals surface area contributed by atoms with Crippen LogP contribution in [0, 0.1) is 0 Å². The first-order chi connectivity index (χ1) is 13.4. The van der Waals surface area contributed by atoms with E-state index in [9.17, 15) is 9.59 Å². The highest BCUT2D eigenvalue weighted by molar-refractivity contribution is 8.01. The van der Waals surface area contributed by atoms with E-state index in [0.29, 0.717) is 0 Å². The first kappa shape index (κ1) is 18.5. The third kappa shape index (κ3) is 3.88. The lowest BCUT2D eigenvalue weighted by Crippen LogP contribution is -2.42. The van der Waals surface area contributed by atoms with E-state index in [1.165, 1.54) is 31.8 Å². The van der Waals surface area contributed by atoms with E-state index < -0.39 is 17.7 Å². The molecule has 1 N–H and O–H groups in total. The molecule has 0 atom stereocenters. The van der Waals surface area contributed by atoms with Crippen LogP contribution < -0.4 is 5.32 Å². The number of cyclic esters (lactones) is 2. The van der Waals surface area contributed by atoms with Crippen molar-refractivity contribution in [2.45, 2.75) is 28.9 Å². The smallest absolute Gasteiger partial charge is 0.350 e. The number of thiazole rings is 1. The van der Waals surface area contributed by atoms with Gasteiger partial charge in [-0.1, -0.05) is 36.0 Å². The van der Waals surface area contributed by atoms with Gasteiger partial charge in [0, 0.05) is 24.9 Å². The number of hydrogen-bond donors (Lipinski definition) is 1. The van der Waals surface area contributed by atoms with Gasteiger partial charge in [0.15, 0.2) is 9.91 Å². The quantitative estimate of drug-likeness (QED) is 0.382. The number of aromatic nitrogens is 1. The topological polar surface area (TPSA) is 77.5 Å². The van der Waals surface area contributed by atoms with E-state index in [0.717, 1.165) is 25.1 Å². The van der Waals surface area contributed by atoms with Crippen molar-refractivity contribution in [3.05, 3.63) is 60.3 Å². The van der Waals surface area contributed by atoms with Crippen LogP contribution in [-0.2, 0) is 19.1 Å². The zero-order valence-electron chi connectivity index (χ0n) is 15.1. The summed E-state index contributed by atoms with van der Waals surface area (Å²) in [4.78, 5) is 29.7. The molecular formula is C20H16N2O4S2. The highest BCUT2D eigenvalue weighted by atomic mass is 32.2. The molecule has 2 heterocycles. The number of esters is 2. The number of nitrogens with one attached hydrogen (secondary N) is 1. The number of rotatable bonds is 4. The van der Waals surface area contributed by atoms with Crippen molar-refractivity contribution < 1.29 is 19.1 Å². The van der Waals surface area contributed by atoms with E-state index in [4.69, 9.17) is 9.47 Å². The highest BCUT2D eigenvalue weighted by Gasteiger charge is 2.38. The summed E-state index contributed by atoms with van der Waals surface area (Å²) in [5, 5.41) is 3.02. The number of para-hydroxylation sites is 2. The third-order valence-electron chi connectivity index (χ3n) is 3.85. The van der Waals surface area contributed by atoms with Crippen LogP contribution in [0.5, 0.6) is 0 Å². The van der Waals surface area contributed by atoms with Crippen molar-refractivity contribution in [3.8, 4) is 0 Å². The number of hydrogen-bond acceptors (Lipinski definition) is 8. The molecule has 1 saturated heterocycles. The van der Waals surface area contributed by atoms with Crippen LogP contribution in [0.15, 0.2) is 69.5 Å². The Morgan fingerprint density at radius 3 is 2.46 bits per heavy atom. The Morgan fingerprint density at radius 1 is 1.04 bits per heavy atom. The molecule has 0 amide bonds. The van der Waals surface area contributed by atoms with Crippen molar-refractivity contribution in [3.63, 3.8) is 0 Å². The first-order valence-corrected chi connectivity index (χ1v) is 10.1. The molecule has 1 aliphatic rings. The summed E-state index contributed by atoms with van der Waals surface area (Å²) in [5.41, 5.74) is 1.52. The number of anilines is 1. The fourth-order valence-electron chi connectivity index (χ4n) is 2.59. The van der Waals surface area contributed by atoms with E-state index in [2.05, 4.69) is 10.3 Å². The molecule has 0 unspecified atom stereocenters. The van der Waals surface area contributed by atoms with Crippen molar-refractivity contribution in [1.82, 2.24) is 4.98 Å². The molecular weight excluding hydrogens is 396 g/mol. The molecule has 0 radical (unpaired) electrons. The molecule has 142 valence electrons. The molecule has 0 spiro atoms. The van der Waals surface area contributed by atoms with Gasteiger partial charge in [0.1, 0.15) is 0 Å². The standard InChI is InChI=1S/C20H16N2O4S2/c1-20(2)25-17(23)12(18(24)26-20)11-21-13-7-3-5-9-15(13)27-19-22-14-8-4-6-10-16(14)28-19/h3-11,21H,1-2H3. The second kappa shape index (κ2) is 7.29. The third-order valence-corrected chi connectivity index (χ3v) is 6.02. The summed E-state index contributed by atoms with van der Waals surface area (Å²) < 4.78 is 12.2. The number of fused-ring (bicyclic) bond motifs is 1. The SMILES string of the molecule is CC1(C)OC(=O)C(=CNc2ccccc2Sc2nc3ccccc3s2)C(=O)O1. The summed E-state index contributed by atoms with van der Waals surface area (Å²) in [7, 11) is 0. The van der Waals surface area contributed by atoms with E-state index >= 15 is 0 Å². The molecule has 0 saturated carbocycles. The van der Waals surface area contributed by atoms with Gasteiger partial charge in [0.25, 0.3) is 5.79 Å². The minimum atomic E-state index is -1.26. The summed E-state index contributed by atoms with van der Waals surface area (Å²) in [6.07, 6.45) is 1.32.